The fourth-order valence-electron chi connectivity index (χ4n) is 2.87. The van der Waals surface area contributed by atoms with E-state index in [0.29, 0.717) is 12.5 Å². The van der Waals surface area contributed by atoms with Crippen LogP contribution in [0.5, 0.6) is 11.5 Å². The number of ether oxygens (including phenoxy) is 2. The first-order chi connectivity index (χ1) is 10.5. The zero-order valence-corrected chi connectivity index (χ0v) is 14.4. The normalized spacial score (nSPS) is 22.3. The molecule has 4 nitrogen and oxygen atoms in total. The van der Waals surface area contributed by atoms with Crippen LogP contribution in [0.1, 0.15) is 32.8 Å². The van der Waals surface area contributed by atoms with Crippen molar-refractivity contribution in [3.8, 4) is 11.5 Å². The maximum atomic E-state index is 5.89. The summed E-state index contributed by atoms with van der Waals surface area (Å²) >= 11 is 0. The molecule has 0 spiro atoms. The lowest BCUT2D eigenvalue weighted by Crippen LogP contribution is -2.31. The highest BCUT2D eigenvalue weighted by atomic mass is 16.5. The van der Waals surface area contributed by atoms with Crippen LogP contribution in [0.25, 0.3) is 0 Å². The minimum Gasteiger partial charge on any atom is -0.493 e. The highest BCUT2D eigenvalue weighted by Gasteiger charge is 2.32. The molecule has 1 aliphatic rings. The second-order valence-corrected chi connectivity index (χ2v) is 7.17. The number of likely N-dealkylation sites (tertiary alicyclic amines) is 1. The second-order valence-electron chi connectivity index (χ2n) is 7.17. The molecular weight excluding hydrogens is 276 g/mol. The lowest BCUT2D eigenvalue weighted by atomic mass is 9.90. The Balaban J connectivity index is 2.04. The quantitative estimate of drug-likeness (QED) is 0.841. The number of benzene rings is 1. The molecule has 0 bridgehead atoms. The van der Waals surface area contributed by atoms with E-state index in [1.807, 2.05) is 6.07 Å². The van der Waals surface area contributed by atoms with Gasteiger partial charge in [-0.1, -0.05) is 26.8 Å². The first-order valence-electron chi connectivity index (χ1n) is 8.18. The van der Waals surface area contributed by atoms with E-state index in [9.17, 15) is 0 Å². The maximum absolute atomic E-state index is 5.89. The standard InChI is InChI=1S/C18H30N2O2/c1-14(2)11-22-17-9-15(5-6-16(17)21-4)10-20-8-7-18(3,12-19)13-20/h5-6,9,14H,7-8,10-13,19H2,1-4H3. The van der Waals surface area contributed by atoms with Gasteiger partial charge >= 0.3 is 0 Å². The number of hydrogen-bond acceptors (Lipinski definition) is 4. The van der Waals surface area contributed by atoms with Gasteiger partial charge in [0.2, 0.25) is 0 Å². The van der Waals surface area contributed by atoms with Crippen LogP contribution in [0.4, 0.5) is 0 Å². The average molecular weight is 306 g/mol. The third-order valence-electron chi connectivity index (χ3n) is 4.34. The molecule has 1 heterocycles. The van der Waals surface area contributed by atoms with Gasteiger partial charge in [-0.2, -0.15) is 0 Å². The van der Waals surface area contributed by atoms with E-state index >= 15 is 0 Å². The molecule has 4 heteroatoms. The van der Waals surface area contributed by atoms with Crippen molar-refractivity contribution in [2.75, 3.05) is 33.4 Å². The summed E-state index contributed by atoms with van der Waals surface area (Å²) in [4.78, 5) is 2.47. The molecule has 124 valence electrons. The molecule has 1 aromatic carbocycles. The zero-order chi connectivity index (χ0) is 16.2. The molecule has 0 aromatic heterocycles. The molecule has 1 aliphatic heterocycles. The Labute approximate surface area is 134 Å². The van der Waals surface area contributed by atoms with Gasteiger partial charge in [-0.3, -0.25) is 4.90 Å². The highest BCUT2D eigenvalue weighted by molar-refractivity contribution is 5.43. The third-order valence-corrected chi connectivity index (χ3v) is 4.34. The van der Waals surface area contributed by atoms with Crippen molar-refractivity contribution in [2.45, 2.75) is 33.7 Å². The van der Waals surface area contributed by atoms with Gasteiger partial charge in [0, 0.05) is 13.1 Å². The fourth-order valence-corrected chi connectivity index (χ4v) is 2.87. The van der Waals surface area contributed by atoms with Gasteiger partial charge in [0.25, 0.3) is 0 Å². The fraction of sp³-hybridized carbons (Fsp3) is 0.667. The van der Waals surface area contributed by atoms with Crippen LogP contribution in [0.2, 0.25) is 0 Å². The van der Waals surface area contributed by atoms with Crippen molar-refractivity contribution in [3.63, 3.8) is 0 Å². The SMILES string of the molecule is COc1ccc(CN2CCC(C)(CN)C2)cc1OCC(C)C. The second kappa shape index (κ2) is 7.34. The molecule has 0 aliphatic carbocycles. The van der Waals surface area contributed by atoms with Crippen molar-refractivity contribution in [1.29, 1.82) is 0 Å². The van der Waals surface area contributed by atoms with Crippen LogP contribution in [-0.4, -0.2) is 38.3 Å². The Morgan fingerprint density at radius 3 is 2.68 bits per heavy atom. The van der Waals surface area contributed by atoms with Crippen LogP contribution in [0, 0.1) is 11.3 Å². The Kier molecular flexibility index (Phi) is 5.70. The summed E-state index contributed by atoms with van der Waals surface area (Å²) in [5.41, 5.74) is 7.42. The first-order valence-corrected chi connectivity index (χ1v) is 8.18. The zero-order valence-electron chi connectivity index (χ0n) is 14.4. The van der Waals surface area contributed by atoms with E-state index in [1.165, 1.54) is 12.0 Å². The maximum Gasteiger partial charge on any atom is 0.161 e. The largest absolute Gasteiger partial charge is 0.493 e. The van der Waals surface area contributed by atoms with Crippen molar-refractivity contribution in [1.82, 2.24) is 4.90 Å². The summed E-state index contributed by atoms with van der Waals surface area (Å²) in [5, 5.41) is 0. The van der Waals surface area contributed by atoms with E-state index in [1.54, 1.807) is 7.11 Å². The van der Waals surface area contributed by atoms with E-state index in [4.69, 9.17) is 15.2 Å². The summed E-state index contributed by atoms with van der Waals surface area (Å²) in [6.45, 7) is 11.2. The summed E-state index contributed by atoms with van der Waals surface area (Å²) < 4.78 is 11.3. The molecule has 0 amide bonds. The monoisotopic (exact) mass is 306 g/mol. The average Bonchev–Trinajstić information content (AvgIpc) is 2.87. The first kappa shape index (κ1) is 17.1. The Hall–Kier alpha value is -1.26. The van der Waals surface area contributed by atoms with Crippen LogP contribution in [0.3, 0.4) is 0 Å². The lowest BCUT2D eigenvalue weighted by molar-refractivity contribution is 0.254. The van der Waals surface area contributed by atoms with E-state index in [2.05, 4.69) is 37.8 Å². The topological polar surface area (TPSA) is 47.7 Å². The Bertz CT molecular complexity index is 490. The van der Waals surface area contributed by atoms with Gasteiger partial charge in [0.05, 0.1) is 13.7 Å². The van der Waals surface area contributed by atoms with E-state index in [0.717, 1.165) is 37.7 Å². The van der Waals surface area contributed by atoms with Crippen molar-refractivity contribution in [3.05, 3.63) is 23.8 Å². The number of hydrogen-bond donors (Lipinski definition) is 1. The molecule has 0 radical (unpaired) electrons. The molecule has 22 heavy (non-hydrogen) atoms. The summed E-state index contributed by atoms with van der Waals surface area (Å²) in [6, 6.07) is 6.24. The molecule has 1 atom stereocenters. The predicted octanol–water partition coefficient (Wildman–Crippen LogP) is 2.90. The molecule has 1 saturated heterocycles. The molecular formula is C18H30N2O2. The molecule has 2 rings (SSSR count). The van der Waals surface area contributed by atoms with Gasteiger partial charge in [-0.05, 0) is 48.5 Å². The smallest absolute Gasteiger partial charge is 0.161 e. The van der Waals surface area contributed by atoms with Gasteiger partial charge in [0.1, 0.15) is 0 Å². The minimum absolute atomic E-state index is 0.267. The van der Waals surface area contributed by atoms with Gasteiger partial charge in [-0.15, -0.1) is 0 Å². The highest BCUT2D eigenvalue weighted by Crippen LogP contribution is 2.32. The summed E-state index contributed by atoms with van der Waals surface area (Å²) in [6.07, 6.45) is 1.18. The molecule has 1 fully saturated rings. The lowest BCUT2D eigenvalue weighted by Gasteiger charge is -2.23. The number of nitrogens with two attached hydrogens (primary N) is 1. The van der Waals surface area contributed by atoms with Crippen molar-refractivity contribution >= 4 is 0 Å². The number of nitrogens with zero attached hydrogens (tertiary/aromatic N) is 1. The number of rotatable bonds is 7. The van der Waals surface area contributed by atoms with Gasteiger partial charge in [-0.25, -0.2) is 0 Å². The minimum atomic E-state index is 0.267. The number of methoxy groups -OCH3 is 1. The molecule has 1 aromatic rings. The summed E-state index contributed by atoms with van der Waals surface area (Å²) in [7, 11) is 1.68. The van der Waals surface area contributed by atoms with Crippen molar-refractivity contribution in [2.24, 2.45) is 17.1 Å². The predicted molar refractivity (Wildman–Crippen MR) is 90.4 cm³/mol. The summed E-state index contributed by atoms with van der Waals surface area (Å²) in [5.74, 6) is 2.14. The van der Waals surface area contributed by atoms with Crippen LogP contribution >= 0.6 is 0 Å². The van der Waals surface area contributed by atoms with Crippen LogP contribution in [0.15, 0.2) is 18.2 Å². The van der Waals surface area contributed by atoms with Gasteiger partial charge in [0.15, 0.2) is 11.5 Å². The van der Waals surface area contributed by atoms with Crippen molar-refractivity contribution < 1.29 is 9.47 Å². The van der Waals surface area contributed by atoms with E-state index < -0.39 is 0 Å². The molecule has 0 saturated carbocycles. The Morgan fingerprint density at radius 2 is 2.09 bits per heavy atom. The van der Waals surface area contributed by atoms with Gasteiger partial charge < -0.3 is 15.2 Å². The molecule has 2 N–H and O–H groups in total. The Morgan fingerprint density at radius 1 is 1.32 bits per heavy atom. The van der Waals surface area contributed by atoms with Crippen LogP contribution in [-0.2, 0) is 6.54 Å². The molecule has 1 unspecified atom stereocenters. The van der Waals surface area contributed by atoms with E-state index in [-0.39, 0.29) is 5.41 Å². The van der Waals surface area contributed by atoms with Crippen LogP contribution < -0.4 is 15.2 Å². The third kappa shape index (κ3) is 4.37.